The number of amidine groups is 1. The molecule has 0 saturated heterocycles. The lowest BCUT2D eigenvalue weighted by molar-refractivity contribution is 0.101. The second kappa shape index (κ2) is 7.56. The molecule has 1 heterocycles. The number of anilines is 1. The Balaban J connectivity index is 0.000000924. The summed E-state index contributed by atoms with van der Waals surface area (Å²) in [5.41, 5.74) is 8.20. The minimum atomic E-state index is -0.168. The molecule has 0 aliphatic carbocycles. The molecule has 0 radical (unpaired) electrons. The molecule has 4 N–H and O–H groups in total. The zero-order chi connectivity index (χ0) is 16.8. The second-order valence-electron chi connectivity index (χ2n) is 4.98. The smallest absolute Gasteiger partial charge is 0.160 e. The van der Waals surface area contributed by atoms with Gasteiger partial charge in [0.2, 0.25) is 0 Å². The number of nitrogens with two attached hydrogens (primary N) is 1. The minimum Gasteiger partial charge on any atom is -0.361 e. The fraction of sp³-hybridized carbons (Fsp3) is 0.222. The van der Waals surface area contributed by atoms with Crippen LogP contribution >= 0.6 is 0 Å². The number of carbonyl (C=O) groups is 1. The molecule has 120 valence electrons. The van der Waals surface area contributed by atoms with Gasteiger partial charge in [0.25, 0.3) is 0 Å². The Morgan fingerprint density at radius 1 is 1.04 bits per heavy atom. The zero-order valence-corrected chi connectivity index (χ0v) is 13.6. The maximum absolute atomic E-state index is 11.8. The Kier molecular flexibility index (Phi) is 5.49. The molecule has 1 aliphatic heterocycles. The van der Waals surface area contributed by atoms with Crippen LogP contribution in [0.5, 0.6) is 0 Å². The number of rotatable bonds is 2. The third-order valence-corrected chi connectivity index (χ3v) is 3.64. The van der Waals surface area contributed by atoms with Crippen molar-refractivity contribution in [1.29, 1.82) is 0 Å². The summed E-state index contributed by atoms with van der Waals surface area (Å²) in [5.74, 6) is 0.885. The number of carbonyl (C=O) groups excluding carboxylic acids is 1. The highest BCUT2D eigenvalue weighted by Gasteiger charge is 2.24. The summed E-state index contributed by atoms with van der Waals surface area (Å²) >= 11 is 0. The van der Waals surface area contributed by atoms with Gasteiger partial charge in [0.05, 0.1) is 0 Å². The molecule has 0 aromatic heterocycles. The highest BCUT2D eigenvalue weighted by Crippen LogP contribution is 2.28. The van der Waals surface area contributed by atoms with Crippen LogP contribution in [-0.2, 0) is 0 Å². The number of Topliss-reactive ketones (excluding diaryl/α,β-unsaturated/α-hetero) is 1. The molecule has 2 aromatic carbocycles. The molecule has 0 bridgehead atoms. The van der Waals surface area contributed by atoms with E-state index in [4.69, 9.17) is 0 Å². The van der Waals surface area contributed by atoms with E-state index in [1.54, 1.807) is 14.0 Å². The number of aliphatic imine (C=N–C) groups is 1. The van der Waals surface area contributed by atoms with Crippen molar-refractivity contribution in [3.63, 3.8) is 0 Å². The lowest BCUT2D eigenvalue weighted by Gasteiger charge is -2.31. The summed E-state index contributed by atoms with van der Waals surface area (Å²) in [6.45, 7) is 1.59. The molecule has 1 atom stereocenters. The van der Waals surface area contributed by atoms with Gasteiger partial charge in [0.15, 0.2) is 5.78 Å². The molecule has 1 aliphatic rings. The third-order valence-electron chi connectivity index (χ3n) is 3.64. The van der Waals surface area contributed by atoms with Gasteiger partial charge < -0.3 is 16.4 Å². The van der Waals surface area contributed by atoms with Crippen LogP contribution in [-0.4, -0.2) is 25.7 Å². The predicted octanol–water partition coefficient (Wildman–Crippen LogP) is 2.55. The Morgan fingerprint density at radius 3 is 2.39 bits per heavy atom. The molecular formula is C18H22N4O. The summed E-state index contributed by atoms with van der Waals surface area (Å²) in [4.78, 5) is 16.1. The molecule has 0 spiro atoms. The van der Waals surface area contributed by atoms with Crippen LogP contribution in [0.1, 0.15) is 34.6 Å². The SMILES string of the molecule is CN.CN=C1NC(c2ccccc2C(C)=O)Nc2ccccc21. The van der Waals surface area contributed by atoms with Crippen LogP contribution in [0.15, 0.2) is 53.5 Å². The number of benzene rings is 2. The van der Waals surface area contributed by atoms with Gasteiger partial charge in [-0.2, -0.15) is 0 Å². The molecule has 0 fully saturated rings. The fourth-order valence-electron chi connectivity index (χ4n) is 2.63. The molecule has 5 heteroatoms. The van der Waals surface area contributed by atoms with Gasteiger partial charge in [0.1, 0.15) is 12.0 Å². The van der Waals surface area contributed by atoms with Crippen molar-refractivity contribution in [2.75, 3.05) is 19.4 Å². The Hall–Kier alpha value is -2.66. The van der Waals surface area contributed by atoms with Crippen LogP contribution in [0.25, 0.3) is 0 Å². The van der Waals surface area contributed by atoms with Gasteiger partial charge in [-0.15, -0.1) is 0 Å². The summed E-state index contributed by atoms with van der Waals surface area (Å²) < 4.78 is 0. The predicted molar refractivity (Wildman–Crippen MR) is 95.0 cm³/mol. The van der Waals surface area contributed by atoms with E-state index in [9.17, 15) is 4.79 Å². The Bertz CT molecular complexity index is 724. The van der Waals surface area contributed by atoms with Gasteiger partial charge in [-0.05, 0) is 26.1 Å². The molecule has 1 unspecified atom stereocenters. The Morgan fingerprint density at radius 2 is 1.70 bits per heavy atom. The molecule has 23 heavy (non-hydrogen) atoms. The van der Waals surface area contributed by atoms with E-state index in [-0.39, 0.29) is 11.9 Å². The number of ketones is 1. The number of nitrogens with zero attached hydrogens (tertiary/aromatic N) is 1. The zero-order valence-electron chi connectivity index (χ0n) is 13.6. The lowest BCUT2D eigenvalue weighted by atomic mass is 9.99. The number of nitrogens with one attached hydrogen (secondary N) is 2. The first-order valence-electron chi connectivity index (χ1n) is 7.47. The van der Waals surface area contributed by atoms with E-state index in [0.717, 1.165) is 28.2 Å². The monoisotopic (exact) mass is 310 g/mol. The summed E-state index contributed by atoms with van der Waals surface area (Å²) in [6, 6.07) is 15.6. The van der Waals surface area contributed by atoms with E-state index in [1.807, 2.05) is 48.5 Å². The summed E-state index contributed by atoms with van der Waals surface area (Å²) in [7, 11) is 3.26. The molecule has 5 nitrogen and oxygen atoms in total. The number of hydrogen-bond acceptors (Lipinski definition) is 4. The maximum atomic E-state index is 11.8. The highest BCUT2D eigenvalue weighted by molar-refractivity contribution is 6.05. The Labute approximate surface area is 136 Å². The summed E-state index contributed by atoms with van der Waals surface area (Å²) in [5, 5.41) is 6.79. The van der Waals surface area contributed by atoms with Crippen molar-refractivity contribution in [2.45, 2.75) is 13.1 Å². The van der Waals surface area contributed by atoms with Crippen LogP contribution in [0.2, 0.25) is 0 Å². The second-order valence-corrected chi connectivity index (χ2v) is 4.98. The largest absolute Gasteiger partial charge is 0.361 e. The first-order valence-corrected chi connectivity index (χ1v) is 7.47. The first kappa shape index (κ1) is 16.7. The third kappa shape index (κ3) is 3.40. The van der Waals surface area contributed by atoms with Crippen molar-refractivity contribution in [1.82, 2.24) is 5.32 Å². The molecular weight excluding hydrogens is 288 g/mol. The minimum absolute atomic E-state index is 0.0584. The number of fused-ring (bicyclic) bond motifs is 1. The van der Waals surface area contributed by atoms with Gasteiger partial charge in [0, 0.05) is 29.4 Å². The normalized spacial score (nSPS) is 17.2. The standard InChI is InChI=1S/C17H17N3O.CH5N/c1-11(21)12-7-3-4-8-13(12)17-19-15-10-6-5-9-14(15)16(18-2)20-17;1-2/h3-10,17,19H,1-2H3,(H,18,20);2H2,1H3. The van der Waals surface area contributed by atoms with Crippen LogP contribution in [0, 0.1) is 0 Å². The molecule has 2 aromatic rings. The van der Waals surface area contributed by atoms with Crippen LogP contribution < -0.4 is 16.4 Å². The number of para-hydroxylation sites is 1. The first-order chi connectivity index (χ1) is 11.2. The maximum Gasteiger partial charge on any atom is 0.160 e. The van der Waals surface area contributed by atoms with Gasteiger partial charge in [-0.1, -0.05) is 36.4 Å². The highest BCUT2D eigenvalue weighted by atomic mass is 16.1. The van der Waals surface area contributed by atoms with Crippen LogP contribution in [0.4, 0.5) is 5.69 Å². The van der Waals surface area contributed by atoms with E-state index >= 15 is 0 Å². The fourth-order valence-corrected chi connectivity index (χ4v) is 2.63. The quantitative estimate of drug-likeness (QED) is 0.745. The van der Waals surface area contributed by atoms with Crippen molar-refractivity contribution in [2.24, 2.45) is 10.7 Å². The van der Waals surface area contributed by atoms with E-state index in [0.29, 0.717) is 0 Å². The molecule has 0 saturated carbocycles. The molecule has 0 amide bonds. The summed E-state index contributed by atoms with van der Waals surface area (Å²) in [6.07, 6.45) is -0.168. The average Bonchev–Trinajstić information content (AvgIpc) is 2.62. The van der Waals surface area contributed by atoms with Gasteiger partial charge in [-0.3, -0.25) is 9.79 Å². The van der Waals surface area contributed by atoms with E-state index < -0.39 is 0 Å². The van der Waals surface area contributed by atoms with E-state index in [2.05, 4.69) is 21.4 Å². The van der Waals surface area contributed by atoms with Gasteiger partial charge >= 0.3 is 0 Å². The molecule has 3 rings (SSSR count). The lowest BCUT2D eigenvalue weighted by Crippen LogP contribution is -2.39. The number of hydrogen-bond donors (Lipinski definition) is 3. The van der Waals surface area contributed by atoms with Gasteiger partial charge in [-0.25, -0.2) is 0 Å². The van der Waals surface area contributed by atoms with E-state index in [1.165, 1.54) is 7.05 Å². The average molecular weight is 310 g/mol. The van der Waals surface area contributed by atoms with Crippen LogP contribution in [0.3, 0.4) is 0 Å². The van der Waals surface area contributed by atoms with Crippen molar-refractivity contribution < 1.29 is 4.79 Å². The topological polar surface area (TPSA) is 79.5 Å². The van der Waals surface area contributed by atoms with Crippen molar-refractivity contribution in [3.8, 4) is 0 Å². The van der Waals surface area contributed by atoms with Crippen molar-refractivity contribution >= 4 is 17.3 Å². The van der Waals surface area contributed by atoms with Crippen molar-refractivity contribution in [3.05, 3.63) is 65.2 Å².